The fourth-order valence-corrected chi connectivity index (χ4v) is 5.34. The van der Waals surface area contributed by atoms with Crippen molar-refractivity contribution in [1.29, 1.82) is 0 Å². The zero-order valence-corrected chi connectivity index (χ0v) is 20.0. The predicted molar refractivity (Wildman–Crippen MR) is 136 cm³/mol. The minimum Gasteiger partial charge on any atom is -0.493 e. The summed E-state index contributed by atoms with van der Waals surface area (Å²) in [6.07, 6.45) is 1.89. The molecular formula is C25H27N5O3S. The molecule has 3 N–H and O–H groups in total. The molecule has 34 heavy (non-hydrogen) atoms. The van der Waals surface area contributed by atoms with Crippen molar-refractivity contribution in [2.24, 2.45) is 5.92 Å². The van der Waals surface area contributed by atoms with E-state index in [9.17, 15) is 4.79 Å². The highest BCUT2D eigenvalue weighted by Crippen LogP contribution is 2.34. The molecule has 1 saturated heterocycles. The summed E-state index contributed by atoms with van der Waals surface area (Å²) in [6.45, 7) is 2.28. The fourth-order valence-electron chi connectivity index (χ4n) is 4.36. The van der Waals surface area contributed by atoms with E-state index in [-0.39, 0.29) is 5.91 Å². The van der Waals surface area contributed by atoms with Crippen LogP contribution in [-0.4, -0.2) is 49.7 Å². The van der Waals surface area contributed by atoms with Crippen molar-refractivity contribution >= 4 is 50.0 Å². The van der Waals surface area contributed by atoms with Crippen LogP contribution in [0.15, 0.2) is 42.5 Å². The monoisotopic (exact) mass is 477 g/mol. The average Bonchev–Trinajstić information content (AvgIpc) is 3.31. The number of hydrogen-bond acceptors (Lipinski definition) is 8. The molecule has 2 aromatic carbocycles. The van der Waals surface area contributed by atoms with Gasteiger partial charge in [-0.25, -0.2) is 4.98 Å². The van der Waals surface area contributed by atoms with E-state index in [4.69, 9.17) is 20.2 Å². The van der Waals surface area contributed by atoms with Gasteiger partial charge in [-0.1, -0.05) is 18.2 Å². The van der Waals surface area contributed by atoms with Crippen LogP contribution in [0.5, 0.6) is 11.5 Å². The number of nitrogens with zero attached hydrogens (tertiary/aromatic N) is 3. The number of ether oxygens (including phenoxy) is 2. The Labute approximate surface area is 201 Å². The third-order valence-electron chi connectivity index (χ3n) is 6.32. The molecule has 3 heterocycles. The lowest BCUT2D eigenvalue weighted by Gasteiger charge is -2.32. The van der Waals surface area contributed by atoms with Crippen LogP contribution in [0.25, 0.3) is 21.0 Å². The Bertz CT molecular complexity index is 1310. The van der Waals surface area contributed by atoms with Gasteiger partial charge >= 0.3 is 0 Å². The first-order valence-electron chi connectivity index (χ1n) is 11.3. The molecule has 4 aromatic rings. The fraction of sp³-hybridized carbons (Fsp3) is 0.320. The van der Waals surface area contributed by atoms with Gasteiger partial charge in [-0.3, -0.25) is 4.79 Å². The molecule has 0 atom stereocenters. The molecule has 5 rings (SSSR count). The van der Waals surface area contributed by atoms with E-state index >= 15 is 0 Å². The summed E-state index contributed by atoms with van der Waals surface area (Å²) in [5.74, 6) is 2.64. The van der Waals surface area contributed by atoms with Crippen LogP contribution in [0, 0.1) is 5.92 Å². The standard InChI is InChI=1S/C25H27N5O3S/c1-32-19-12-17-18(13-20(19)33-2)28-25(29-23(17)26)30-9-7-15(8-10-30)14-27-24(31)22-11-16-5-3-4-6-21(16)34-22/h3-6,11-13,15H,7-10,14H2,1-2H3,(H,27,31)(H2,26,28,29). The minimum absolute atomic E-state index is 0.00126. The molecule has 9 heteroatoms. The van der Waals surface area contributed by atoms with Gasteiger partial charge in [0.2, 0.25) is 5.95 Å². The molecule has 0 aliphatic carbocycles. The molecule has 2 aromatic heterocycles. The van der Waals surface area contributed by atoms with Crippen molar-refractivity contribution in [1.82, 2.24) is 15.3 Å². The lowest BCUT2D eigenvalue weighted by Crippen LogP contribution is -2.39. The normalized spacial score (nSPS) is 14.5. The topological polar surface area (TPSA) is 103 Å². The van der Waals surface area contributed by atoms with Crippen molar-refractivity contribution in [3.05, 3.63) is 47.3 Å². The maximum Gasteiger partial charge on any atom is 0.261 e. The smallest absolute Gasteiger partial charge is 0.261 e. The quantitative estimate of drug-likeness (QED) is 0.431. The first-order valence-corrected chi connectivity index (χ1v) is 12.1. The number of nitrogen functional groups attached to an aromatic ring is 1. The van der Waals surface area contributed by atoms with E-state index < -0.39 is 0 Å². The highest BCUT2D eigenvalue weighted by molar-refractivity contribution is 7.20. The van der Waals surface area contributed by atoms with Crippen LogP contribution in [0.3, 0.4) is 0 Å². The van der Waals surface area contributed by atoms with E-state index in [1.165, 1.54) is 11.3 Å². The molecule has 176 valence electrons. The second-order valence-corrected chi connectivity index (χ2v) is 9.51. The number of fused-ring (bicyclic) bond motifs is 2. The molecular weight excluding hydrogens is 450 g/mol. The number of carbonyl (C=O) groups is 1. The number of carbonyl (C=O) groups excluding carboxylic acids is 1. The summed E-state index contributed by atoms with van der Waals surface area (Å²) >= 11 is 1.53. The van der Waals surface area contributed by atoms with E-state index in [0.29, 0.717) is 35.7 Å². The van der Waals surface area contributed by atoms with Crippen LogP contribution in [-0.2, 0) is 0 Å². The minimum atomic E-state index is -0.00126. The summed E-state index contributed by atoms with van der Waals surface area (Å²) in [6, 6.07) is 13.7. The highest BCUT2D eigenvalue weighted by atomic mass is 32.1. The van der Waals surface area contributed by atoms with E-state index in [1.807, 2.05) is 36.4 Å². The zero-order valence-electron chi connectivity index (χ0n) is 19.2. The largest absolute Gasteiger partial charge is 0.493 e. The lowest BCUT2D eigenvalue weighted by atomic mass is 9.97. The molecule has 0 spiro atoms. The molecule has 1 aliphatic rings. The average molecular weight is 478 g/mol. The number of piperidine rings is 1. The summed E-state index contributed by atoms with van der Waals surface area (Å²) in [5.41, 5.74) is 6.97. The van der Waals surface area contributed by atoms with Crippen LogP contribution in [0.1, 0.15) is 22.5 Å². The van der Waals surface area contributed by atoms with Crippen LogP contribution < -0.4 is 25.4 Å². The Hall–Kier alpha value is -3.59. The van der Waals surface area contributed by atoms with Gasteiger partial charge < -0.3 is 25.4 Å². The number of aromatic nitrogens is 2. The van der Waals surface area contributed by atoms with Gasteiger partial charge in [-0.2, -0.15) is 4.98 Å². The van der Waals surface area contributed by atoms with Gasteiger partial charge in [0, 0.05) is 35.8 Å². The molecule has 0 radical (unpaired) electrons. The number of amides is 1. The first kappa shape index (κ1) is 22.2. The second-order valence-electron chi connectivity index (χ2n) is 8.42. The lowest BCUT2D eigenvalue weighted by molar-refractivity contribution is 0.0949. The number of anilines is 2. The number of nitrogens with one attached hydrogen (secondary N) is 1. The van der Waals surface area contributed by atoms with Gasteiger partial charge in [0.25, 0.3) is 5.91 Å². The molecule has 0 bridgehead atoms. The summed E-state index contributed by atoms with van der Waals surface area (Å²) in [4.78, 5) is 24.8. The zero-order chi connectivity index (χ0) is 23.7. The van der Waals surface area contributed by atoms with E-state index in [0.717, 1.165) is 51.8 Å². The Balaban J connectivity index is 1.22. The van der Waals surface area contributed by atoms with Gasteiger partial charge in [0.1, 0.15) is 5.82 Å². The molecule has 8 nitrogen and oxygen atoms in total. The van der Waals surface area contributed by atoms with E-state index in [1.54, 1.807) is 20.3 Å². The van der Waals surface area contributed by atoms with Crippen molar-refractivity contribution in [3.63, 3.8) is 0 Å². The Kier molecular flexibility index (Phi) is 6.10. The van der Waals surface area contributed by atoms with E-state index in [2.05, 4.69) is 15.2 Å². The molecule has 1 fully saturated rings. The summed E-state index contributed by atoms with van der Waals surface area (Å²) in [7, 11) is 3.18. The van der Waals surface area contributed by atoms with Gasteiger partial charge in [-0.15, -0.1) is 11.3 Å². The molecule has 0 unspecified atom stereocenters. The first-order chi connectivity index (χ1) is 16.6. The Morgan fingerprint density at radius 3 is 2.59 bits per heavy atom. The van der Waals surface area contributed by atoms with Crippen LogP contribution in [0.4, 0.5) is 11.8 Å². The van der Waals surface area contributed by atoms with Crippen molar-refractivity contribution in [3.8, 4) is 11.5 Å². The number of rotatable bonds is 6. The van der Waals surface area contributed by atoms with Gasteiger partial charge in [0.15, 0.2) is 11.5 Å². The summed E-state index contributed by atoms with van der Waals surface area (Å²) < 4.78 is 11.9. The molecule has 1 amide bonds. The molecule has 1 aliphatic heterocycles. The van der Waals surface area contributed by atoms with Crippen molar-refractivity contribution in [2.45, 2.75) is 12.8 Å². The van der Waals surface area contributed by atoms with Crippen molar-refractivity contribution < 1.29 is 14.3 Å². The third kappa shape index (κ3) is 4.31. The summed E-state index contributed by atoms with van der Waals surface area (Å²) in [5, 5.41) is 4.96. The number of thiophene rings is 1. The SMILES string of the molecule is COc1cc2nc(N3CCC(CNC(=O)c4cc5ccccc5s4)CC3)nc(N)c2cc1OC. The number of nitrogens with two attached hydrogens (primary N) is 1. The van der Waals surface area contributed by atoms with Crippen molar-refractivity contribution in [2.75, 3.05) is 44.5 Å². The predicted octanol–water partition coefficient (Wildman–Crippen LogP) is 4.09. The number of hydrogen-bond donors (Lipinski definition) is 2. The van der Waals surface area contributed by atoms with Crippen LogP contribution in [0.2, 0.25) is 0 Å². The second kappa shape index (κ2) is 9.34. The Morgan fingerprint density at radius 2 is 1.85 bits per heavy atom. The molecule has 0 saturated carbocycles. The third-order valence-corrected chi connectivity index (χ3v) is 7.43. The maximum atomic E-state index is 12.6. The number of benzene rings is 2. The number of methoxy groups -OCH3 is 2. The highest BCUT2D eigenvalue weighted by Gasteiger charge is 2.23. The van der Waals surface area contributed by atoms with Gasteiger partial charge in [-0.05, 0) is 42.3 Å². The van der Waals surface area contributed by atoms with Gasteiger partial charge in [0.05, 0.1) is 24.6 Å². The van der Waals surface area contributed by atoms with Crippen LogP contribution >= 0.6 is 11.3 Å². The Morgan fingerprint density at radius 1 is 1.12 bits per heavy atom. The maximum absolute atomic E-state index is 12.6.